The van der Waals surface area contributed by atoms with Gasteiger partial charge in [-0.3, -0.25) is 0 Å². The van der Waals surface area contributed by atoms with Crippen molar-refractivity contribution in [2.45, 2.75) is 0 Å². The van der Waals surface area contributed by atoms with Crippen molar-refractivity contribution in [3.05, 3.63) is 50.6 Å². The van der Waals surface area contributed by atoms with Crippen molar-refractivity contribution >= 4 is 5.96 Å². The molecular formula is C13H20N3. The van der Waals surface area contributed by atoms with E-state index in [0.717, 1.165) is 0 Å². The summed E-state index contributed by atoms with van der Waals surface area (Å²) < 4.78 is 0. The number of aliphatic imine (C=N–C) groups is 1. The molecule has 0 atom stereocenters. The Bertz CT molecular complexity index is 256. The highest BCUT2D eigenvalue weighted by molar-refractivity contribution is 5.80. The minimum absolute atomic E-state index is 0.556. The molecule has 0 fully saturated rings. The van der Waals surface area contributed by atoms with Crippen molar-refractivity contribution in [1.82, 2.24) is 10.2 Å². The Morgan fingerprint density at radius 1 is 0.875 bits per heavy atom. The van der Waals surface area contributed by atoms with Gasteiger partial charge in [-0.2, -0.15) is 0 Å². The van der Waals surface area contributed by atoms with Crippen LogP contribution in [0, 0.1) is 0 Å². The summed E-state index contributed by atoms with van der Waals surface area (Å²) in [7, 11) is 0. The van der Waals surface area contributed by atoms with Crippen molar-refractivity contribution in [3.8, 4) is 0 Å². The molecule has 0 aromatic heterocycles. The van der Waals surface area contributed by atoms with E-state index in [1.807, 2.05) is 17.1 Å². The van der Waals surface area contributed by atoms with Crippen LogP contribution in [-0.4, -0.2) is 37.0 Å². The topological polar surface area (TPSA) is 29.7 Å². The fourth-order valence-corrected chi connectivity index (χ4v) is 1.09. The average Bonchev–Trinajstić information content (AvgIpc) is 2.29. The van der Waals surface area contributed by atoms with Crippen LogP contribution in [0.3, 0.4) is 0 Å². The lowest BCUT2D eigenvalue weighted by atomic mass is 10.4. The largest absolute Gasteiger partial charge is 0.334 e. The van der Waals surface area contributed by atoms with Gasteiger partial charge in [0.25, 0.3) is 0 Å². The first kappa shape index (κ1) is 14.2. The summed E-state index contributed by atoms with van der Waals surface area (Å²) in [5.41, 5.74) is 0. The van der Waals surface area contributed by atoms with Gasteiger partial charge in [-0.1, -0.05) is 24.3 Å². The fraction of sp³-hybridized carbons (Fsp3) is 0.308. The molecule has 0 aliphatic carbocycles. The molecule has 3 nitrogen and oxygen atoms in total. The molecule has 0 N–H and O–H groups in total. The Morgan fingerprint density at radius 3 is 1.88 bits per heavy atom. The highest BCUT2D eigenvalue weighted by Gasteiger charge is 2.07. The van der Waals surface area contributed by atoms with E-state index in [1.165, 1.54) is 0 Å². The third-order valence-electron chi connectivity index (χ3n) is 1.71. The lowest BCUT2D eigenvalue weighted by molar-refractivity contribution is 0.490. The van der Waals surface area contributed by atoms with Gasteiger partial charge in [-0.25, -0.2) is 10.3 Å². The van der Waals surface area contributed by atoms with Crippen molar-refractivity contribution in [3.63, 3.8) is 0 Å². The van der Waals surface area contributed by atoms with E-state index in [2.05, 4.69) is 36.6 Å². The van der Waals surface area contributed by atoms with Crippen LogP contribution in [0.2, 0.25) is 0 Å². The number of hydrogen-bond acceptors (Lipinski definition) is 1. The van der Waals surface area contributed by atoms with Crippen molar-refractivity contribution < 1.29 is 0 Å². The van der Waals surface area contributed by atoms with Gasteiger partial charge in [0.15, 0.2) is 0 Å². The lowest BCUT2D eigenvalue weighted by Crippen LogP contribution is -2.38. The van der Waals surface area contributed by atoms with Crippen LogP contribution in [0.15, 0.2) is 55.6 Å². The molecule has 0 aromatic rings. The van der Waals surface area contributed by atoms with E-state index in [0.29, 0.717) is 32.1 Å². The van der Waals surface area contributed by atoms with Crippen LogP contribution < -0.4 is 5.32 Å². The SMILES string of the molecule is C=CC[N]C(=NCC=C)N(CC=C)CC=C. The fourth-order valence-electron chi connectivity index (χ4n) is 1.09. The van der Waals surface area contributed by atoms with Crippen LogP contribution in [0.4, 0.5) is 0 Å². The van der Waals surface area contributed by atoms with E-state index >= 15 is 0 Å². The molecule has 0 spiro atoms. The predicted molar refractivity (Wildman–Crippen MR) is 71.7 cm³/mol. The molecule has 0 bridgehead atoms. The van der Waals surface area contributed by atoms with E-state index in [9.17, 15) is 0 Å². The normalized spacial score (nSPS) is 10.4. The molecule has 87 valence electrons. The number of rotatable bonds is 8. The molecule has 0 aliphatic heterocycles. The van der Waals surface area contributed by atoms with Crippen LogP contribution in [0.1, 0.15) is 0 Å². The molecule has 0 aromatic carbocycles. The third-order valence-corrected chi connectivity index (χ3v) is 1.71. The Hall–Kier alpha value is -1.77. The van der Waals surface area contributed by atoms with Gasteiger partial charge >= 0.3 is 0 Å². The number of nitrogens with zero attached hydrogens (tertiary/aromatic N) is 3. The Balaban J connectivity index is 4.62. The van der Waals surface area contributed by atoms with Gasteiger partial charge in [0.05, 0.1) is 13.1 Å². The van der Waals surface area contributed by atoms with Gasteiger partial charge < -0.3 is 4.90 Å². The highest BCUT2D eigenvalue weighted by atomic mass is 15.3. The van der Waals surface area contributed by atoms with E-state index in [1.54, 1.807) is 12.2 Å². The first-order valence-corrected chi connectivity index (χ1v) is 5.20. The van der Waals surface area contributed by atoms with Crippen LogP contribution >= 0.6 is 0 Å². The molecule has 0 heterocycles. The number of guanidine groups is 1. The van der Waals surface area contributed by atoms with Crippen LogP contribution in [0.5, 0.6) is 0 Å². The van der Waals surface area contributed by atoms with Crippen LogP contribution in [-0.2, 0) is 0 Å². The molecule has 3 heteroatoms. The third kappa shape index (κ3) is 5.86. The van der Waals surface area contributed by atoms with Gasteiger partial charge in [0.1, 0.15) is 0 Å². The maximum atomic E-state index is 4.33. The predicted octanol–water partition coefficient (Wildman–Crippen LogP) is 1.99. The van der Waals surface area contributed by atoms with Gasteiger partial charge in [0.2, 0.25) is 5.96 Å². The summed E-state index contributed by atoms with van der Waals surface area (Å²) in [6.45, 7) is 17.2. The molecule has 0 aliphatic rings. The second kappa shape index (κ2) is 9.77. The smallest absolute Gasteiger partial charge is 0.217 e. The number of hydrogen-bond donors (Lipinski definition) is 0. The Kier molecular flexibility index (Phi) is 8.69. The maximum Gasteiger partial charge on any atom is 0.217 e. The van der Waals surface area contributed by atoms with E-state index in [4.69, 9.17) is 0 Å². The van der Waals surface area contributed by atoms with Crippen LogP contribution in [0.25, 0.3) is 0 Å². The molecule has 1 radical (unpaired) electrons. The molecule has 0 unspecified atom stereocenters. The second-order valence-electron chi connectivity index (χ2n) is 3.04. The highest BCUT2D eigenvalue weighted by Crippen LogP contribution is 1.93. The summed E-state index contributed by atoms with van der Waals surface area (Å²) >= 11 is 0. The first-order chi connectivity index (χ1) is 7.79. The minimum Gasteiger partial charge on any atom is -0.334 e. The van der Waals surface area contributed by atoms with E-state index in [-0.39, 0.29) is 0 Å². The van der Waals surface area contributed by atoms with Crippen molar-refractivity contribution in [2.24, 2.45) is 4.99 Å². The van der Waals surface area contributed by atoms with Crippen molar-refractivity contribution in [2.75, 3.05) is 26.2 Å². The molecule has 0 amide bonds. The van der Waals surface area contributed by atoms with Gasteiger partial charge in [0, 0.05) is 13.1 Å². The minimum atomic E-state index is 0.556. The Morgan fingerprint density at radius 2 is 1.44 bits per heavy atom. The summed E-state index contributed by atoms with van der Waals surface area (Å²) in [6, 6.07) is 0. The second-order valence-corrected chi connectivity index (χ2v) is 3.04. The maximum absolute atomic E-state index is 4.33. The summed E-state index contributed by atoms with van der Waals surface area (Å²) in [5, 5.41) is 4.33. The van der Waals surface area contributed by atoms with E-state index < -0.39 is 0 Å². The zero-order valence-corrected chi connectivity index (χ0v) is 9.81. The first-order valence-electron chi connectivity index (χ1n) is 5.20. The standard InChI is InChI=1S/C13H20N3/c1-5-9-14-13(15-10-6-2)16(11-7-3)12-8-4/h5-8H,1-4,9-12H2. The average molecular weight is 218 g/mol. The monoisotopic (exact) mass is 218 g/mol. The lowest BCUT2D eigenvalue weighted by Gasteiger charge is -2.22. The molecular weight excluding hydrogens is 198 g/mol. The summed E-state index contributed by atoms with van der Waals surface area (Å²) in [5.74, 6) is 0.694. The summed E-state index contributed by atoms with van der Waals surface area (Å²) in [6.07, 6.45) is 7.11. The molecule has 0 rings (SSSR count). The van der Waals surface area contributed by atoms with Crippen molar-refractivity contribution in [1.29, 1.82) is 0 Å². The quantitative estimate of drug-likeness (QED) is 0.348. The van der Waals surface area contributed by atoms with Gasteiger partial charge in [-0.15, -0.1) is 26.3 Å². The molecule has 16 heavy (non-hydrogen) atoms. The summed E-state index contributed by atoms with van der Waals surface area (Å²) in [4.78, 5) is 6.32. The molecule has 0 saturated heterocycles. The van der Waals surface area contributed by atoms with Gasteiger partial charge in [-0.05, 0) is 0 Å². The zero-order chi connectivity index (χ0) is 12.2. The molecule has 0 saturated carbocycles. The zero-order valence-electron chi connectivity index (χ0n) is 9.81. The Labute approximate surface area is 98.6 Å².